The van der Waals surface area contributed by atoms with E-state index in [1.807, 2.05) is 0 Å². The van der Waals surface area contributed by atoms with Crippen LogP contribution in [0.3, 0.4) is 0 Å². The molecule has 0 spiro atoms. The van der Waals surface area contributed by atoms with Crippen LogP contribution in [-0.4, -0.2) is 37.6 Å². The average Bonchev–Trinajstić information content (AvgIpc) is 2.50. The summed E-state index contributed by atoms with van der Waals surface area (Å²) >= 11 is 0.0230. The zero-order chi connectivity index (χ0) is 7.94. The molecule has 11 heavy (non-hydrogen) atoms. The van der Waals surface area contributed by atoms with Gasteiger partial charge in [0, 0.05) is 0 Å². The second-order valence-electron chi connectivity index (χ2n) is 2.83. The molecule has 64 valence electrons. The summed E-state index contributed by atoms with van der Waals surface area (Å²) in [5.41, 5.74) is 2.30. The number of nitrogens with zero attached hydrogens (tertiary/aromatic N) is 1. The van der Waals surface area contributed by atoms with Gasteiger partial charge in [-0.1, -0.05) is 0 Å². The topological polar surface area (TPSA) is 12.4 Å². The van der Waals surface area contributed by atoms with E-state index in [4.69, 9.17) is 0 Å². The van der Waals surface area contributed by atoms with Crippen LogP contribution in [0.5, 0.6) is 0 Å². The van der Waals surface area contributed by atoms with Gasteiger partial charge in [0.15, 0.2) is 0 Å². The van der Waals surface area contributed by atoms with Crippen LogP contribution in [0.25, 0.3) is 0 Å². The van der Waals surface area contributed by atoms with E-state index in [9.17, 15) is 0 Å². The molecule has 1 heterocycles. The number of hydrogen-bond acceptors (Lipinski definition) is 1. The molecule has 3 heteroatoms. The van der Waals surface area contributed by atoms with Gasteiger partial charge in [-0.3, -0.25) is 0 Å². The molecule has 0 aromatic carbocycles. The minimum atomic E-state index is 0.0230. The monoisotopic (exact) mass is 279 g/mol. The van der Waals surface area contributed by atoms with Gasteiger partial charge in [-0.15, -0.1) is 0 Å². The van der Waals surface area contributed by atoms with Gasteiger partial charge >= 0.3 is 81.3 Å². The maximum absolute atomic E-state index is 4.31. The summed E-state index contributed by atoms with van der Waals surface area (Å²) in [5, 5.41) is 0. The zero-order valence-electron chi connectivity index (χ0n) is 7.21. The quantitative estimate of drug-likeness (QED) is 0.450. The standard InChI is InChI=1S/C5H11.C3H5NS.Sn/c1-3-5-4-2;1-2-5-3-4-1;/h1,3-5H2,2H3;3H,1-2H2;/q;;-1/p+1. The fourth-order valence-corrected chi connectivity index (χ4v) is 10.7. The second kappa shape index (κ2) is 6.35. The Morgan fingerprint density at radius 1 is 1.55 bits per heavy atom. The Labute approximate surface area is 81.1 Å². The van der Waals surface area contributed by atoms with Crippen molar-refractivity contribution in [3.8, 4) is 0 Å². The summed E-state index contributed by atoms with van der Waals surface area (Å²) in [7, 11) is 0.417. The molecule has 0 N–H and O–H groups in total. The molecule has 0 bridgehead atoms. The van der Waals surface area contributed by atoms with Crippen molar-refractivity contribution in [2.24, 2.45) is 4.99 Å². The molecule has 0 amide bonds. The second-order valence-corrected chi connectivity index (χ2v) is 13.8. The van der Waals surface area contributed by atoms with E-state index >= 15 is 0 Å². The Balaban J connectivity index is 1.90. The molecule has 0 aromatic heterocycles. The summed E-state index contributed by atoms with van der Waals surface area (Å²) in [6, 6.07) is 0. The third kappa shape index (κ3) is 4.41. The van der Waals surface area contributed by atoms with Crippen molar-refractivity contribution in [1.82, 2.24) is 0 Å². The number of hydrogen-bond donors (Lipinski definition) is 1. The summed E-state index contributed by atoms with van der Waals surface area (Å²) < 4.78 is 1.61. The van der Waals surface area contributed by atoms with Crippen molar-refractivity contribution in [3.63, 3.8) is 0 Å². The third-order valence-corrected chi connectivity index (χ3v) is 12.8. The van der Waals surface area contributed by atoms with Crippen LogP contribution < -0.4 is 0 Å². The van der Waals surface area contributed by atoms with Crippen molar-refractivity contribution in [2.45, 2.75) is 30.6 Å². The van der Waals surface area contributed by atoms with Crippen LogP contribution >= 0.6 is 8.08 Å². The molecule has 1 aliphatic heterocycles. The minimum absolute atomic E-state index is 0.0230. The third-order valence-electron chi connectivity index (χ3n) is 1.79. The van der Waals surface area contributed by atoms with Gasteiger partial charge in [-0.25, -0.2) is 0 Å². The Morgan fingerprint density at radius 2 is 2.45 bits per heavy atom. The van der Waals surface area contributed by atoms with Crippen molar-refractivity contribution in [2.75, 3.05) is 12.3 Å². The zero-order valence-corrected chi connectivity index (χ0v) is 11.0. The summed E-state index contributed by atoms with van der Waals surface area (Å²) in [6.45, 7) is 3.44. The fraction of sp³-hybridized carbons (Fsp3) is 0.875. The van der Waals surface area contributed by atoms with Gasteiger partial charge in [0.05, 0.1) is 0 Å². The Bertz CT molecular complexity index is 127. The van der Waals surface area contributed by atoms with Crippen molar-refractivity contribution in [1.29, 1.82) is 0 Å². The summed E-state index contributed by atoms with van der Waals surface area (Å²) in [4.78, 5) is 4.31. The number of aliphatic imine (C=N–C) groups is 1. The van der Waals surface area contributed by atoms with E-state index in [0.29, 0.717) is 8.08 Å². The van der Waals surface area contributed by atoms with Crippen LogP contribution in [0, 0.1) is 0 Å². The predicted molar refractivity (Wildman–Crippen MR) is 57.3 cm³/mol. The van der Waals surface area contributed by atoms with Gasteiger partial charge in [-0.05, 0) is 0 Å². The van der Waals surface area contributed by atoms with E-state index < -0.39 is 0 Å². The molecule has 1 atom stereocenters. The number of thiol groups is 1. The van der Waals surface area contributed by atoms with E-state index in [1.165, 1.54) is 25.0 Å². The van der Waals surface area contributed by atoms with Crippen molar-refractivity contribution in [3.05, 3.63) is 0 Å². The SMILES string of the molecule is CCCC[CH2][Sn][SH]1C=NCC1. The molecule has 0 saturated carbocycles. The Hall–Kier alpha value is 0.819. The molecule has 0 fully saturated rings. The number of unbranched alkanes of at least 4 members (excludes halogenated alkanes) is 2. The van der Waals surface area contributed by atoms with Crippen LogP contribution in [0.1, 0.15) is 26.2 Å². The fourth-order valence-electron chi connectivity index (χ4n) is 1.10. The van der Waals surface area contributed by atoms with Crippen LogP contribution in [-0.2, 0) is 0 Å². The van der Waals surface area contributed by atoms with Gasteiger partial charge in [0.2, 0.25) is 0 Å². The molecule has 0 aliphatic carbocycles. The van der Waals surface area contributed by atoms with Crippen LogP contribution in [0.2, 0.25) is 4.44 Å². The molecule has 2 radical (unpaired) electrons. The number of rotatable bonds is 5. The van der Waals surface area contributed by atoms with Crippen LogP contribution in [0.15, 0.2) is 4.99 Å². The normalized spacial score (nSPS) is 26.1. The molecular formula is C8H17NSSn. The molecule has 0 saturated heterocycles. The predicted octanol–water partition coefficient (Wildman–Crippen LogP) is 2.26. The molecule has 0 aromatic rings. The molecule has 1 rings (SSSR count). The van der Waals surface area contributed by atoms with Crippen LogP contribution in [0.4, 0.5) is 0 Å². The molecule has 1 unspecified atom stereocenters. The first-order valence-corrected chi connectivity index (χ1v) is 11.9. The van der Waals surface area contributed by atoms with Crippen molar-refractivity contribution < 1.29 is 0 Å². The first-order valence-electron chi connectivity index (χ1n) is 4.43. The first kappa shape index (κ1) is 9.90. The Morgan fingerprint density at radius 3 is 3.09 bits per heavy atom. The summed E-state index contributed by atoms with van der Waals surface area (Å²) in [6.07, 6.45) is 4.35. The average molecular weight is 278 g/mol. The molecular weight excluding hydrogens is 261 g/mol. The Kier molecular flexibility index (Phi) is 5.71. The summed E-state index contributed by atoms with van der Waals surface area (Å²) in [5.74, 6) is 1.45. The molecule has 1 aliphatic rings. The van der Waals surface area contributed by atoms with E-state index in [0.717, 1.165) is 6.54 Å². The maximum atomic E-state index is 4.31. The van der Waals surface area contributed by atoms with Gasteiger partial charge < -0.3 is 0 Å². The molecule has 1 nitrogen and oxygen atoms in total. The van der Waals surface area contributed by atoms with Gasteiger partial charge in [0.1, 0.15) is 0 Å². The van der Waals surface area contributed by atoms with Gasteiger partial charge in [-0.2, -0.15) is 0 Å². The van der Waals surface area contributed by atoms with E-state index in [2.05, 4.69) is 17.5 Å². The van der Waals surface area contributed by atoms with E-state index in [1.54, 1.807) is 4.44 Å². The van der Waals surface area contributed by atoms with Crippen molar-refractivity contribution >= 4 is 33.4 Å². The van der Waals surface area contributed by atoms with E-state index in [-0.39, 0.29) is 19.8 Å². The first-order chi connectivity index (χ1) is 5.43. The van der Waals surface area contributed by atoms with Gasteiger partial charge in [0.25, 0.3) is 0 Å².